The molecule has 0 spiro atoms. The summed E-state index contributed by atoms with van der Waals surface area (Å²) in [4.78, 5) is 0. The fourth-order valence-corrected chi connectivity index (χ4v) is 1.49. The van der Waals surface area contributed by atoms with Gasteiger partial charge in [-0.15, -0.1) is 0 Å². The van der Waals surface area contributed by atoms with Gasteiger partial charge >= 0.3 is 0 Å². The van der Waals surface area contributed by atoms with E-state index in [1.165, 1.54) is 21.3 Å². The van der Waals surface area contributed by atoms with Crippen LogP contribution in [-0.2, 0) is 0 Å². The van der Waals surface area contributed by atoms with Crippen molar-refractivity contribution in [3.05, 3.63) is 12.1 Å². The quantitative estimate of drug-likeness (QED) is 0.776. The monoisotopic (exact) mass is 251 g/mol. The van der Waals surface area contributed by atoms with Crippen molar-refractivity contribution in [1.82, 2.24) is 0 Å². The lowest BCUT2D eigenvalue weighted by Crippen LogP contribution is -2.12. The van der Waals surface area contributed by atoms with Crippen LogP contribution in [0, 0.1) is 11.3 Å². The highest BCUT2D eigenvalue weighted by molar-refractivity contribution is 5.55. The van der Waals surface area contributed by atoms with Crippen molar-refractivity contribution in [2.24, 2.45) is 0 Å². The van der Waals surface area contributed by atoms with Crippen LogP contribution in [0.15, 0.2) is 12.1 Å². The number of nitrogens with zero attached hydrogens (tertiary/aromatic N) is 1. The Morgan fingerprint density at radius 2 is 1.67 bits per heavy atom. The van der Waals surface area contributed by atoms with Gasteiger partial charge in [0.2, 0.25) is 5.75 Å². The Morgan fingerprint density at radius 3 is 2.00 bits per heavy atom. The number of ether oxygens (including phenoxy) is 4. The smallest absolute Gasteiger partial charge is 0.203 e. The van der Waals surface area contributed by atoms with Crippen LogP contribution < -0.4 is 18.9 Å². The molecule has 1 aromatic rings. The maximum absolute atomic E-state index is 8.88. The van der Waals surface area contributed by atoms with E-state index in [0.29, 0.717) is 29.4 Å². The van der Waals surface area contributed by atoms with Gasteiger partial charge in [-0.05, 0) is 6.42 Å². The average Bonchev–Trinajstić information content (AvgIpc) is 2.43. The second kappa shape index (κ2) is 6.60. The first-order chi connectivity index (χ1) is 8.69. The predicted octanol–water partition coefficient (Wildman–Crippen LogP) is 2.39. The van der Waals surface area contributed by atoms with Gasteiger partial charge in [0.05, 0.1) is 21.3 Å². The number of benzene rings is 1. The van der Waals surface area contributed by atoms with Crippen LogP contribution in [0.4, 0.5) is 0 Å². The number of hydrogen-bond donors (Lipinski definition) is 0. The molecule has 0 radical (unpaired) electrons. The molecule has 0 saturated heterocycles. The third-order valence-corrected chi connectivity index (χ3v) is 2.43. The zero-order valence-electron chi connectivity index (χ0n) is 11.0. The molecule has 0 fully saturated rings. The van der Waals surface area contributed by atoms with E-state index in [1.54, 1.807) is 12.1 Å². The zero-order chi connectivity index (χ0) is 13.5. The van der Waals surface area contributed by atoms with E-state index < -0.39 is 6.10 Å². The van der Waals surface area contributed by atoms with Crippen molar-refractivity contribution in [2.45, 2.75) is 19.4 Å². The van der Waals surface area contributed by atoms with E-state index in [1.807, 2.05) is 6.92 Å². The van der Waals surface area contributed by atoms with Crippen LogP contribution in [0.3, 0.4) is 0 Å². The first-order valence-corrected chi connectivity index (χ1v) is 5.56. The molecule has 0 amide bonds. The molecular weight excluding hydrogens is 234 g/mol. The molecule has 0 saturated carbocycles. The lowest BCUT2D eigenvalue weighted by molar-refractivity contribution is 0.247. The highest BCUT2D eigenvalue weighted by Crippen LogP contribution is 2.41. The van der Waals surface area contributed by atoms with Gasteiger partial charge < -0.3 is 18.9 Å². The largest absolute Gasteiger partial charge is 0.493 e. The van der Waals surface area contributed by atoms with Gasteiger partial charge in [-0.25, -0.2) is 0 Å². The summed E-state index contributed by atoms with van der Waals surface area (Å²) in [6.07, 6.45) is 0.112. The van der Waals surface area contributed by atoms with E-state index >= 15 is 0 Å². The first kappa shape index (κ1) is 14.0. The summed E-state index contributed by atoms with van der Waals surface area (Å²) in [5.74, 6) is 2.01. The van der Waals surface area contributed by atoms with Gasteiger partial charge in [0.25, 0.3) is 0 Å². The molecule has 0 aromatic heterocycles. The normalized spacial score (nSPS) is 11.3. The van der Waals surface area contributed by atoms with Crippen molar-refractivity contribution in [1.29, 1.82) is 5.26 Å². The van der Waals surface area contributed by atoms with Gasteiger partial charge in [0, 0.05) is 12.1 Å². The Bertz CT molecular complexity index is 414. The van der Waals surface area contributed by atoms with Crippen LogP contribution in [0.25, 0.3) is 0 Å². The summed E-state index contributed by atoms with van der Waals surface area (Å²) in [7, 11) is 4.59. The molecule has 0 aliphatic rings. The molecule has 1 aromatic carbocycles. The molecule has 1 unspecified atom stereocenters. The number of methoxy groups -OCH3 is 3. The predicted molar refractivity (Wildman–Crippen MR) is 66.4 cm³/mol. The van der Waals surface area contributed by atoms with E-state index in [-0.39, 0.29) is 0 Å². The van der Waals surface area contributed by atoms with Crippen LogP contribution >= 0.6 is 0 Å². The summed E-state index contributed by atoms with van der Waals surface area (Å²) < 4.78 is 21.1. The Kier molecular flexibility index (Phi) is 5.12. The first-order valence-electron chi connectivity index (χ1n) is 5.56. The Morgan fingerprint density at radius 1 is 1.11 bits per heavy atom. The number of rotatable bonds is 6. The highest BCUT2D eigenvalue weighted by Gasteiger charge is 2.15. The third-order valence-electron chi connectivity index (χ3n) is 2.43. The lowest BCUT2D eigenvalue weighted by Gasteiger charge is -2.16. The molecule has 0 heterocycles. The zero-order valence-corrected chi connectivity index (χ0v) is 11.0. The lowest BCUT2D eigenvalue weighted by atomic mass is 10.2. The average molecular weight is 251 g/mol. The van der Waals surface area contributed by atoms with Gasteiger partial charge in [0.1, 0.15) is 11.8 Å². The van der Waals surface area contributed by atoms with Gasteiger partial charge in [-0.3, -0.25) is 0 Å². The summed E-state index contributed by atoms with van der Waals surface area (Å²) >= 11 is 0. The Labute approximate surface area is 107 Å². The minimum Gasteiger partial charge on any atom is -0.493 e. The topological polar surface area (TPSA) is 60.7 Å². The van der Waals surface area contributed by atoms with Crippen molar-refractivity contribution < 1.29 is 18.9 Å². The van der Waals surface area contributed by atoms with Gasteiger partial charge in [-0.2, -0.15) is 5.26 Å². The summed E-state index contributed by atoms with van der Waals surface area (Å²) in [6, 6.07) is 5.40. The summed E-state index contributed by atoms with van der Waals surface area (Å²) in [5.41, 5.74) is 0. The van der Waals surface area contributed by atoms with Crippen molar-refractivity contribution in [3.63, 3.8) is 0 Å². The van der Waals surface area contributed by atoms with Crippen LogP contribution in [0.2, 0.25) is 0 Å². The van der Waals surface area contributed by atoms with Crippen molar-refractivity contribution in [3.8, 4) is 29.1 Å². The SMILES string of the molecule is CCC(C#N)Oc1cc(OC)c(OC)c(OC)c1. The second-order valence-corrected chi connectivity index (χ2v) is 3.50. The van der Waals surface area contributed by atoms with Crippen molar-refractivity contribution >= 4 is 0 Å². The highest BCUT2D eigenvalue weighted by atomic mass is 16.5. The molecule has 5 heteroatoms. The minimum absolute atomic E-state index is 0.493. The maximum atomic E-state index is 8.88. The standard InChI is InChI=1S/C13H17NO4/c1-5-9(8-14)18-10-6-11(15-2)13(17-4)12(7-10)16-3/h6-7,9H,5H2,1-4H3. The van der Waals surface area contributed by atoms with Crippen LogP contribution in [0.1, 0.15) is 13.3 Å². The number of hydrogen-bond acceptors (Lipinski definition) is 5. The van der Waals surface area contributed by atoms with E-state index in [4.69, 9.17) is 24.2 Å². The molecule has 0 aliphatic heterocycles. The molecule has 18 heavy (non-hydrogen) atoms. The molecule has 0 aliphatic carbocycles. The van der Waals surface area contributed by atoms with Crippen LogP contribution in [0.5, 0.6) is 23.0 Å². The fraction of sp³-hybridized carbons (Fsp3) is 0.462. The minimum atomic E-state index is -0.493. The van der Waals surface area contributed by atoms with E-state index in [0.717, 1.165) is 0 Å². The molecule has 1 rings (SSSR count). The van der Waals surface area contributed by atoms with Crippen molar-refractivity contribution in [2.75, 3.05) is 21.3 Å². The molecule has 1 atom stereocenters. The van der Waals surface area contributed by atoms with E-state index in [9.17, 15) is 0 Å². The number of nitriles is 1. The van der Waals surface area contributed by atoms with Crippen LogP contribution in [-0.4, -0.2) is 27.4 Å². The molecular formula is C13H17NO4. The Balaban J connectivity index is 3.11. The molecule has 0 N–H and O–H groups in total. The third kappa shape index (κ3) is 2.98. The van der Waals surface area contributed by atoms with E-state index in [2.05, 4.69) is 6.07 Å². The van der Waals surface area contributed by atoms with Gasteiger partial charge in [-0.1, -0.05) is 6.92 Å². The van der Waals surface area contributed by atoms with Gasteiger partial charge in [0.15, 0.2) is 17.6 Å². The molecule has 5 nitrogen and oxygen atoms in total. The Hall–Kier alpha value is -2.09. The second-order valence-electron chi connectivity index (χ2n) is 3.50. The summed E-state index contributed by atoms with van der Waals surface area (Å²) in [5, 5.41) is 8.88. The maximum Gasteiger partial charge on any atom is 0.203 e. The molecule has 0 bridgehead atoms. The molecule has 98 valence electrons. The summed E-state index contributed by atoms with van der Waals surface area (Å²) in [6.45, 7) is 1.88. The fourth-order valence-electron chi connectivity index (χ4n) is 1.49.